The number of quaternary nitrogens is 1. The van der Waals surface area contributed by atoms with Crippen molar-refractivity contribution in [3.63, 3.8) is 0 Å². The van der Waals surface area contributed by atoms with Crippen LogP contribution in [-0.2, 0) is 6.54 Å². The second-order valence-corrected chi connectivity index (χ2v) is 8.85. The van der Waals surface area contributed by atoms with E-state index in [1.165, 1.54) is 42.6 Å². The molecular weight excluding hydrogens is 384 g/mol. The molecule has 0 saturated heterocycles. The summed E-state index contributed by atoms with van der Waals surface area (Å²) in [7, 11) is 2.21. The Morgan fingerprint density at radius 1 is 1.00 bits per heavy atom. The van der Waals surface area contributed by atoms with Gasteiger partial charge < -0.3 is 14.1 Å². The Morgan fingerprint density at radius 3 is 2.45 bits per heavy atom. The van der Waals surface area contributed by atoms with E-state index in [-0.39, 0.29) is 5.92 Å². The van der Waals surface area contributed by atoms with Crippen molar-refractivity contribution >= 4 is 0 Å². The van der Waals surface area contributed by atoms with Crippen molar-refractivity contribution in [1.82, 2.24) is 4.98 Å². The molecule has 0 bridgehead atoms. The summed E-state index contributed by atoms with van der Waals surface area (Å²) in [5.41, 5.74) is 1.33. The molecule has 1 saturated carbocycles. The van der Waals surface area contributed by atoms with Crippen LogP contribution in [0.4, 0.5) is 0 Å². The first-order valence-corrected chi connectivity index (χ1v) is 11.8. The lowest BCUT2D eigenvalue weighted by molar-refractivity contribution is -0.895. The van der Waals surface area contributed by atoms with Gasteiger partial charge in [0.25, 0.3) is 0 Å². The van der Waals surface area contributed by atoms with Crippen molar-refractivity contribution in [1.29, 1.82) is 0 Å². The normalized spacial score (nSPS) is 16.7. The standard InChI is InChI=1S/C27H34N2O2/c1-29(18-11-19-30-24-16-9-4-10-17-24)21-25-20-28-27(31-25)26(22-12-5-2-6-13-22)23-14-7-3-8-15-23/h2,4-6,9-10,12-13,16-17,20,23,26H,3,7-8,11,14-15,18-19,21H2,1H3/p+1/t26-/m1/s1. The number of para-hydroxylation sites is 1. The molecular formula is C27H35N2O2+. The van der Waals surface area contributed by atoms with E-state index < -0.39 is 0 Å². The lowest BCUT2D eigenvalue weighted by Gasteiger charge is -2.28. The molecule has 1 N–H and O–H groups in total. The topological polar surface area (TPSA) is 39.7 Å². The lowest BCUT2D eigenvalue weighted by atomic mass is 9.77. The Morgan fingerprint density at radius 2 is 1.71 bits per heavy atom. The zero-order chi connectivity index (χ0) is 21.3. The van der Waals surface area contributed by atoms with Gasteiger partial charge in [-0.1, -0.05) is 67.8 Å². The van der Waals surface area contributed by atoms with Crippen LogP contribution in [0.3, 0.4) is 0 Å². The second-order valence-electron chi connectivity index (χ2n) is 8.85. The molecule has 3 aromatic rings. The molecule has 0 radical (unpaired) electrons. The maximum atomic E-state index is 6.34. The molecule has 1 unspecified atom stereocenters. The van der Waals surface area contributed by atoms with Crippen LogP contribution < -0.4 is 9.64 Å². The van der Waals surface area contributed by atoms with Gasteiger partial charge in [0.1, 0.15) is 12.3 Å². The van der Waals surface area contributed by atoms with Crippen molar-refractivity contribution < 1.29 is 14.1 Å². The average molecular weight is 420 g/mol. The summed E-state index contributed by atoms with van der Waals surface area (Å²) >= 11 is 0. The first-order chi connectivity index (χ1) is 15.3. The number of rotatable bonds is 10. The van der Waals surface area contributed by atoms with Crippen molar-refractivity contribution in [2.75, 3.05) is 20.2 Å². The van der Waals surface area contributed by atoms with E-state index in [1.807, 2.05) is 36.5 Å². The average Bonchev–Trinajstić information content (AvgIpc) is 3.27. The predicted octanol–water partition coefficient (Wildman–Crippen LogP) is 4.87. The fraction of sp³-hybridized carbons (Fsp3) is 0.444. The van der Waals surface area contributed by atoms with Gasteiger partial charge in [0, 0.05) is 6.42 Å². The van der Waals surface area contributed by atoms with Gasteiger partial charge in [-0.05, 0) is 36.5 Å². The van der Waals surface area contributed by atoms with E-state index in [1.54, 1.807) is 0 Å². The molecule has 4 heteroatoms. The van der Waals surface area contributed by atoms with Gasteiger partial charge in [0.05, 0.1) is 32.3 Å². The summed E-state index contributed by atoms with van der Waals surface area (Å²) in [6, 6.07) is 20.8. The fourth-order valence-corrected chi connectivity index (χ4v) is 4.76. The number of nitrogens with zero attached hydrogens (tertiary/aromatic N) is 1. The molecule has 1 fully saturated rings. The number of benzene rings is 2. The summed E-state index contributed by atoms with van der Waals surface area (Å²) in [5.74, 6) is 3.72. The van der Waals surface area contributed by atoms with Gasteiger partial charge >= 0.3 is 0 Å². The lowest BCUT2D eigenvalue weighted by Crippen LogP contribution is -3.07. The molecule has 164 valence electrons. The van der Waals surface area contributed by atoms with Crippen LogP contribution in [0.1, 0.15) is 61.7 Å². The molecule has 1 aliphatic rings. The Labute approximate surface area is 186 Å². The zero-order valence-corrected chi connectivity index (χ0v) is 18.6. The molecule has 4 rings (SSSR count). The summed E-state index contributed by atoms with van der Waals surface area (Å²) in [6.45, 7) is 2.62. The monoisotopic (exact) mass is 419 g/mol. The number of oxazole rings is 1. The number of nitrogens with one attached hydrogen (secondary N) is 1. The van der Waals surface area contributed by atoms with Crippen molar-refractivity contribution in [3.05, 3.63) is 84.1 Å². The van der Waals surface area contributed by atoms with Gasteiger partial charge in [-0.3, -0.25) is 0 Å². The van der Waals surface area contributed by atoms with Crippen molar-refractivity contribution in [2.45, 2.75) is 51.0 Å². The molecule has 0 spiro atoms. The van der Waals surface area contributed by atoms with Crippen molar-refractivity contribution in [2.24, 2.45) is 5.92 Å². The highest BCUT2D eigenvalue weighted by atomic mass is 16.5. The Balaban J connectivity index is 1.33. The van der Waals surface area contributed by atoms with Crippen LogP contribution in [-0.4, -0.2) is 25.2 Å². The molecule has 31 heavy (non-hydrogen) atoms. The maximum absolute atomic E-state index is 6.34. The van der Waals surface area contributed by atoms with Gasteiger partial charge in [0.2, 0.25) is 5.89 Å². The van der Waals surface area contributed by atoms with E-state index in [4.69, 9.17) is 14.1 Å². The first kappa shape index (κ1) is 21.6. The Kier molecular flexibility index (Phi) is 7.78. The third-order valence-electron chi connectivity index (χ3n) is 6.35. The Bertz CT molecular complexity index is 888. The van der Waals surface area contributed by atoms with Crippen LogP contribution in [0.2, 0.25) is 0 Å². The molecule has 2 atom stereocenters. The number of ether oxygens (including phenoxy) is 1. The minimum atomic E-state index is 0.273. The Hall–Kier alpha value is -2.59. The minimum absolute atomic E-state index is 0.273. The van der Waals surface area contributed by atoms with Gasteiger partial charge in [-0.15, -0.1) is 0 Å². The zero-order valence-electron chi connectivity index (χ0n) is 18.6. The highest BCUT2D eigenvalue weighted by Crippen LogP contribution is 2.40. The fourth-order valence-electron chi connectivity index (χ4n) is 4.76. The van der Waals surface area contributed by atoms with Crippen LogP contribution in [0.15, 0.2) is 71.3 Å². The van der Waals surface area contributed by atoms with E-state index >= 15 is 0 Å². The highest BCUT2D eigenvalue weighted by molar-refractivity contribution is 5.26. The quantitative estimate of drug-likeness (QED) is 0.477. The van der Waals surface area contributed by atoms with Crippen molar-refractivity contribution in [3.8, 4) is 5.75 Å². The molecule has 0 amide bonds. The SMILES string of the molecule is C[NH+](CCCOc1ccccc1)Cc1cnc([C@H](c2ccccc2)C2CCCCC2)o1. The first-order valence-electron chi connectivity index (χ1n) is 11.8. The van der Waals surface area contributed by atoms with E-state index in [2.05, 4.69) is 37.4 Å². The van der Waals surface area contributed by atoms with E-state index in [0.29, 0.717) is 5.92 Å². The van der Waals surface area contributed by atoms with E-state index in [9.17, 15) is 0 Å². The number of aromatic nitrogens is 1. The van der Waals surface area contributed by atoms with Crippen LogP contribution in [0.5, 0.6) is 5.75 Å². The molecule has 1 heterocycles. The third kappa shape index (κ3) is 6.20. The van der Waals surface area contributed by atoms with Crippen LogP contribution >= 0.6 is 0 Å². The number of hydrogen-bond acceptors (Lipinski definition) is 3. The largest absolute Gasteiger partial charge is 0.493 e. The van der Waals surface area contributed by atoms with Crippen LogP contribution in [0, 0.1) is 5.92 Å². The van der Waals surface area contributed by atoms with Gasteiger partial charge in [0.15, 0.2) is 5.76 Å². The number of hydrogen-bond donors (Lipinski definition) is 1. The summed E-state index contributed by atoms with van der Waals surface area (Å²) < 4.78 is 12.1. The smallest absolute Gasteiger partial charge is 0.202 e. The molecule has 4 nitrogen and oxygen atoms in total. The van der Waals surface area contributed by atoms with E-state index in [0.717, 1.165) is 43.5 Å². The summed E-state index contributed by atoms with van der Waals surface area (Å²) in [6.07, 6.45) is 9.48. The van der Waals surface area contributed by atoms with Crippen LogP contribution in [0.25, 0.3) is 0 Å². The maximum Gasteiger partial charge on any atom is 0.202 e. The second kappa shape index (κ2) is 11.1. The molecule has 1 aromatic heterocycles. The molecule has 2 aromatic carbocycles. The minimum Gasteiger partial charge on any atom is -0.493 e. The van der Waals surface area contributed by atoms with Gasteiger partial charge in [-0.2, -0.15) is 0 Å². The summed E-state index contributed by atoms with van der Waals surface area (Å²) in [4.78, 5) is 6.16. The summed E-state index contributed by atoms with van der Waals surface area (Å²) in [5, 5.41) is 0. The molecule has 0 aliphatic heterocycles. The van der Waals surface area contributed by atoms with Gasteiger partial charge in [-0.25, -0.2) is 4.98 Å². The molecule has 1 aliphatic carbocycles. The third-order valence-corrected chi connectivity index (χ3v) is 6.35. The highest BCUT2D eigenvalue weighted by Gasteiger charge is 2.30. The predicted molar refractivity (Wildman–Crippen MR) is 123 cm³/mol.